The Hall–Kier alpha value is -3.17. The third-order valence-electron chi connectivity index (χ3n) is 4.40. The number of methoxy groups -OCH3 is 1. The molecular formula is C18H23N3O7. The Kier molecular flexibility index (Phi) is 7.30. The summed E-state index contributed by atoms with van der Waals surface area (Å²) in [4.78, 5) is 47.9. The van der Waals surface area contributed by atoms with E-state index in [1.54, 1.807) is 4.90 Å². The fraction of sp³-hybridized carbons (Fsp3) is 0.500. The average Bonchev–Trinajstić information content (AvgIpc) is 2.69. The molecule has 2 rings (SSSR count). The summed E-state index contributed by atoms with van der Waals surface area (Å²) in [5.74, 6) is -1.28. The molecule has 0 unspecified atom stereocenters. The fourth-order valence-corrected chi connectivity index (χ4v) is 2.93. The SMILES string of the molecule is COc1ccc(C(=O)NCC(=O)OCC(=O)N2CCC[C@H](C)C2)cc1[N+](=O)[O-]. The van der Waals surface area contributed by atoms with Gasteiger partial charge in [0.2, 0.25) is 0 Å². The van der Waals surface area contributed by atoms with Crippen LogP contribution in [0.2, 0.25) is 0 Å². The van der Waals surface area contributed by atoms with Gasteiger partial charge >= 0.3 is 11.7 Å². The highest BCUT2D eigenvalue weighted by Crippen LogP contribution is 2.27. The number of hydrogen-bond acceptors (Lipinski definition) is 7. The highest BCUT2D eigenvalue weighted by molar-refractivity contribution is 5.97. The smallest absolute Gasteiger partial charge is 0.325 e. The molecule has 1 heterocycles. The van der Waals surface area contributed by atoms with Crippen molar-refractivity contribution in [1.29, 1.82) is 0 Å². The van der Waals surface area contributed by atoms with Crippen LogP contribution in [-0.2, 0) is 14.3 Å². The van der Waals surface area contributed by atoms with Gasteiger partial charge in [0.15, 0.2) is 12.4 Å². The van der Waals surface area contributed by atoms with E-state index in [4.69, 9.17) is 9.47 Å². The Balaban J connectivity index is 1.82. The van der Waals surface area contributed by atoms with Crippen LogP contribution in [0.1, 0.15) is 30.1 Å². The van der Waals surface area contributed by atoms with E-state index in [1.807, 2.05) is 0 Å². The number of ether oxygens (including phenoxy) is 2. The maximum atomic E-state index is 12.1. The molecule has 152 valence electrons. The molecule has 1 aromatic rings. The minimum absolute atomic E-state index is 0.00122. The summed E-state index contributed by atoms with van der Waals surface area (Å²) in [5.41, 5.74) is -0.363. The zero-order valence-electron chi connectivity index (χ0n) is 15.8. The summed E-state index contributed by atoms with van der Waals surface area (Å²) in [6, 6.07) is 3.69. The average molecular weight is 393 g/mol. The molecule has 2 amide bonds. The lowest BCUT2D eigenvalue weighted by atomic mass is 10.0. The molecule has 0 radical (unpaired) electrons. The van der Waals surface area contributed by atoms with Gasteiger partial charge in [0.05, 0.1) is 12.0 Å². The quantitative estimate of drug-likeness (QED) is 0.418. The number of carbonyl (C=O) groups excluding carboxylic acids is 3. The lowest BCUT2D eigenvalue weighted by Crippen LogP contribution is -2.42. The van der Waals surface area contributed by atoms with Gasteiger partial charge in [0.25, 0.3) is 11.8 Å². The van der Waals surface area contributed by atoms with E-state index < -0.39 is 23.3 Å². The Morgan fingerprint density at radius 3 is 2.75 bits per heavy atom. The van der Waals surface area contributed by atoms with E-state index in [1.165, 1.54) is 19.2 Å². The number of benzene rings is 1. The Labute approximate surface area is 161 Å². The molecule has 28 heavy (non-hydrogen) atoms. The molecule has 0 bridgehead atoms. The van der Waals surface area contributed by atoms with Crippen molar-refractivity contribution in [1.82, 2.24) is 10.2 Å². The number of nitro benzene ring substituents is 1. The van der Waals surface area contributed by atoms with Gasteiger partial charge < -0.3 is 19.7 Å². The highest BCUT2D eigenvalue weighted by atomic mass is 16.6. The van der Waals surface area contributed by atoms with Gasteiger partial charge in [-0.3, -0.25) is 24.5 Å². The van der Waals surface area contributed by atoms with Crippen LogP contribution in [0.25, 0.3) is 0 Å². The van der Waals surface area contributed by atoms with Gasteiger partial charge in [-0.1, -0.05) is 6.92 Å². The lowest BCUT2D eigenvalue weighted by Gasteiger charge is -2.30. The fourth-order valence-electron chi connectivity index (χ4n) is 2.93. The van der Waals surface area contributed by atoms with Crippen molar-refractivity contribution < 1.29 is 28.8 Å². The molecule has 10 nitrogen and oxygen atoms in total. The number of rotatable bonds is 7. The summed E-state index contributed by atoms with van der Waals surface area (Å²) >= 11 is 0. The van der Waals surface area contributed by atoms with Gasteiger partial charge in [-0.2, -0.15) is 0 Å². The van der Waals surface area contributed by atoms with Crippen molar-refractivity contribution in [3.8, 4) is 5.75 Å². The first-order chi connectivity index (χ1) is 13.3. The standard InChI is InChI=1S/C18H23N3O7/c1-12-4-3-7-20(10-12)16(22)11-28-17(23)9-19-18(24)13-5-6-15(27-2)14(8-13)21(25)26/h5-6,8,12H,3-4,7,9-11H2,1-2H3,(H,19,24)/t12-/m0/s1. The van der Waals surface area contributed by atoms with Crippen molar-refractivity contribution in [3.05, 3.63) is 33.9 Å². The molecule has 1 aliphatic heterocycles. The lowest BCUT2D eigenvalue weighted by molar-refractivity contribution is -0.385. The molecular weight excluding hydrogens is 370 g/mol. The third-order valence-corrected chi connectivity index (χ3v) is 4.40. The number of nitro groups is 1. The van der Waals surface area contributed by atoms with E-state index in [9.17, 15) is 24.5 Å². The van der Waals surface area contributed by atoms with Crippen molar-refractivity contribution in [2.45, 2.75) is 19.8 Å². The van der Waals surface area contributed by atoms with Crippen molar-refractivity contribution in [3.63, 3.8) is 0 Å². The predicted molar refractivity (Wildman–Crippen MR) is 97.9 cm³/mol. The van der Waals surface area contributed by atoms with Gasteiger partial charge in [-0.25, -0.2) is 0 Å². The Bertz CT molecular complexity index is 766. The van der Waals surface area contributed by atoms with Gasteiger partial charge in [-0.05, 0) is 30.9 Å². The minimum atomic E-state index is -0.769. The zero-order valence-corrected chi connectivity index (χ0v) is 15.8. The summed E-state index contributed by atoms with van der Waals surface area (Å²) in [6.07, 6.45) is 1.99. The van der Waals surface area contributed by atoms with Crippen LogP contribution in [0.5, 0.6) is 5.75 Å². The van der Waals surface area contributed by atoms with Crippen molar-refractivity contribution >= 4 is 23.5 Å². The molecule has 1 saturated heterocycles. The third kappa shape index (κ3) is 5.66. The second kappa shape index (κ2) is 9.67. The maximum Gasteiger partial charge on any atom is 0.325 e. The van der Waals surface area contributed by atoms with E-state index in [0.29, 0.717) is 19.0 Å². The molecule has 0 aliphatic carbocycles. The number of likely N-dealkylation sites (tertiary alicyclic amines) is 1. The second-order valence-corrected chi connectivity index (χ2v) is 6.57. The number of amides is 2. The Morgan fingerprint density at radius 1 is 1.36 bits per heavy atom. The number of piperidine rings is 1. The molecule has 0 aromatic heterocycles. The van der Waals surface area contributed by atoms with Crippen LogP contribution < -0.4 is 10.1 Å². The summed E-state index contributed by atoms with van der Waals surface area (Å²) in [6.45, 7) is 2.51. The van der Waals surface area contributed by atoms with Gasteiger partial charge in [0, 0.05) is 24.7 Å². The van der Waals surface area contributed by atoms with E-state index >= 15 is 0 Å². The molecule has 1 N–H and O–H groups in total. The van der Waals surface area contributed by atoms with Crippen molar-refractivity contribution in [2.24, 2.45) is 5.92 Å². The molecule has 10 heteroatoms. The monoisotopic (exact) mass is 393 g/mol. The summed E-state index contributed by atoms with van der Waals surface area (Å²) in [5, 5.41) is 13.3. The largest absolute Gasteiger partial charge is 0.490 e. The minimum Gasteiger partial charge on any atom is -0.490 e. The van der Waals surface area contributed by atoms with Crippen LogP contribution in [-0.4, -0.2) is 61.0 Å². The van der Waals surface area contributed by atoms with E-state index in [0.717, 1.165) is 18.9 Å². The normalized spacial score (nSPS) is 16.2. The Morgan fingerprint density at radius 2 is 2.11 bits per heavy atom. The number of hydrogen-bond donors (Lipinski definition) is 1. The number of nitrogens with one attached hydrogen (secondary N) is 1. The summed E-state index contributed by atoms with van der Waals surface area (Å²) < 4.78 is 9.77. The van der Waals surface area contributed by atoms with Crippen LogP contribution in [0.15, 0.2) is 18.2 Å². The highest BCUT2D eigenvalue weighted by Gasteiger charge is 2.22. The second-order valence-electron chi connectivity index (χ2n) is 6.57. The van der Waals surface area contributed by atoms with Crippen LogP contribution in [0.4, 0.5) is 5.69 Å². The topological polar surface area (TPSA) is 128 Å². The van der Waals surface area contributed by atoms with Crippen molar-refractivity contribution in [2.75, 3.05) is 33.4 Å². The molecule has 0 saturated carbocycles. The first-order valence-electron chi connectivity index (χ1n) is 8.85. The van der Waals surface area contributed by atoms with Gasteiger partial charge in [-0.15, -0.1) is 0 Å². The van der Waals surface area contributed by atoms with Crippen LogP contribution in [0, 0.1) is 16.0 Å². The molecule has 1 fully saturated rings. The van der Waals surface area contributed by atoms with E-state index in [-0.39, 0.29) is 29.5 Å². The van der Waals surface area contributed by atoms with Crippen LogP contribution >= 0.6 is 0 Å². The first kappa shape index (κ1) is 21.1. The number of carbonyl (C=O) groups is 3. The number of esters is 1. The molecule has 1 aromatic carbocycles. The molecule has 0 spiro atoms. The molecule has 1 aliphatic rings. The first-order valence-corrected chi connectivity index (χ1v) is 8.85. The van der Waals surface area contributed by atoms with Gasteiger partial charge in [0.1, 0.15) is 6.54 Å². The number of nitrogens with zero attached hydrogens (tertiary/aromatic N) is 2. The predicted octanol–water partition coefficient (Wildman–Crippen LogP) is 1.13. The van der Waals surface area contributed by atoms with Crippen LogP contribution in [0.3, 0.4) is 0 Å². The zero-order chi connectivity index (χ0) is 20.7. The van der Waals surface area contributed by atoms with E-state index in [2.05, 4.69) is 12.2 Å². The molecule has 1 atom stereocenters. The summed E-state index contributed by atoms with van der Waals surface area (Å²) in [7, 11) is 1.28. The maximum absolute atomic E-state index is 12.1.